The zero-order valence-electron chi connectivity index (χ0n) is 6.54. The Balaban J connectivity index is 2.28. The maximum absolute atomic E-state index is 9.78. The van der Waals surface area contributed by atoms with E-state index in [1.807, 2.05) is 0 Å². The molecule has 3 N–H and O–H groups in total. The van der Waals surface area contributed by atoms with Gasteiger partial charge in [0.1, 0.15) is 6.10 Å². The minimum absolute atomic E-state index is 0.471. The van der Waals surface area contributed by atoms with E-state index in [0.29, 0.717) is 5.13 Å². The van der Waals surface area contributed by atoms with Crippen molar-refractivity contribution in [2.75, 3.05) is 5.73 Å². The maximum atomic E-state index is 9.78. The molecule has 68 valence electrons. The zero-order valence-corrected chi connectivity index (χ0v) is 8.18. The van der Waals surface area contributed by atoms with E-state index in [1.165, 1.54) is 22.7 Å². The molecule has 0 bridgehead atoms. The molecule has 4 nitrogen and oxygen atoms in total. The van der Waals surface area contributed by atoms with Crippen molar-refractivity contribution in [3.8, 4) is 0 Å². The molecule has 6 heteroatoms. The van der Waals surface area contributed by atoms with Crippen LogP contribution in [-0.4, -0.2) is 15.1 Å². The predicted octanol–water partition coefficient (Wildman–Crippen LogP) is 1.26. The molecule has 1 atom stereocenters. The summed E-state index contributed by atoms with van der Waals surface area (Å²) in [4.78, 5) is 9.32. The minimum atomic E-state index is -0.637. The first-order chi connectivity index (χ1) is 6.27. The van der Waals surface area contributed by atoms with Gasteiger partial charge in [0.15, 0.2) is 5.13 Å². The Bertz CT molecular complexity index is 384. The number of hydrogen-bond acceptors (Lipinski definition) is 6. The van der Waals surface area contributed by atoms with Gasteiger partial charge in [-0.25, -0.2) is 4.98 Å². The zero-order chi connectivity index (χ0) is 9.26. The fourth-order valence-electron chi connectivity index (χ4n) is 0.928. The van der Waals surface area contributed by atoms with Crippen LogP contribution in [0, 0.1) is 0 Å². The molecule has 13 heavy (non-hydrogen) atoms. The second kappa shape index (κ2) is 3.41. The van der Waals surface area contributed by atoms with Crippen LogP contribution in [0.5, 0.6) is 0 Å². The fraction of sp³-hybridized carbons (Fsp3) is 0.143. The van der Waals surface area contributed by atoms with E-state index in [2.05, 4.69) is 9.97 Å². The summed E-state index contributed by atoms with van der Waals surface area (Å²) < 4.78 is 0. The predicted molar refractivity (Wildman–Crippen MR) is 52.7 cm³/mol. The first kappa shape index (κ1) is 8.61. The first-order valence-corrected chi connectivity index (χ1v) is 5.24. The number of nitrogens with two attached hydrogens (primary N) is 1. The summed E-state index contributed by atoms with van der Waals surface area (Å²) in [6.45, 7) is 0. The Hall–Kier alpha value is -0.980. The number of aromatic nitrogens is 2. The number of nitrogen functional groups attached to an aromatic ring is 1. The van der Waals surface area contributed by atoms with Crippen LogP contribution in [0.3, 0.4) is 0 Å². The van der Waals surface area contributed by atoms with Crippen molar-refractivity contribution in [3.05, 3.63) is 27.7 Å². The van der Waals surface area contributed by atoms with Crippen molar-refractivity contribution in [2.24, 2.45) is 0 Å². The van der Waals surface area contributed by atoms with Crippen molar-refractivity contribution in [2.45, 2.75) is 6.10 Å². The molecule has 0 fully saturated rings. The van der Waals surface area contributed by atoms with E-state index >= 15 is 0 Å². The molecule has 0 aliphatic heterocycles. The summed E-state index contributed by atoms with van der Waals surface area (Å²) in [5, 5.41) is 10.3. The molecular formula is C7H7N3OS2. The van der Waals surface area contributed by atoms with E-state index in [9.17, 15) is 5.11 Å². The van der Waals surface area contributed by atoms with Gasteiger partial charge in [0, 0.05) is 12.4 Å². The molecule has 2 rings (SSSR count). The number of aliphatic hydroxyl groups excluding tert-OH is 1. The second-order valence-electron chi connectivity index (χ2n) is 2.41. The largest absolute Gasteiger partial charge is 0.382 e. The molecule has 2 aromatic heterocycles. The van der Waals surface area contributed by atoms with E-state index in [-0.39, 0.29) is 0 Å². The van der Waals surface area contributed by atoms with Crippen molar-refractivity contribution in [3.63, 3.8) is 0 Å². The van der Waals surface area contributed by atoms with Gasteiger partial charge in [-0.2, -0.15) is 0 Å². The highest BCUT2D eigenvalue weighted by Crippen LogP contribution is 2.29. The number of aliphatic hydroxyl groups is 1. The van der Waals surface area contributed by atoms with Gasteiger partial charge in [0.25, 0.3) is 0 Å². The molecule has 0 aliphatic carbocycles. The summed E-state index contributed by atoms with van der Waals surface area (Å²) in [7, 11) is 0. The van der Waals surface area contributed by atoms with E-state index in [0.717, 1.165) is 9.75 Å². The molecule has 0 spiro atoms. The first-order valence-electron chi connectivity index (χ1n) is 3.55. The van der Waals surface area contributed by atoms with Gasteiger partial charge in [-0.1, -0.05) is 11.3 Å². The molecule has 0 saturated heterocycles. The summed E-state index contributed by atoms with van der Waals surface area (Å²) in [6, 6.07) is 0. The summed E-state index contributed by atoms with van der Waals surface area (Å²) in [6.07, 6.45) is 2.60. The highest BCUT2D eigenvalue weighted by molar-refractivity contribution is 7.15. The quantitative estimate of drug-likeness (QED) is 0.787. The molecular weight excluding hydrogens is 206 g/mol. The average molecular weight is 213 g/mol. The van der Waals surface area contributed by atoms with Crippen LogP contribution in [0.25, 0.3) is 0 Å². The van der Waals surface area contributed by atoms with E-state index < -0.39 is 6.10 Å². The van der Waals surface area contributed by atoms with Gasteiger partial charge in [-0.3, -0.25) is 4.98 Å². The molecule has 2 heterocycles. The molecule has 0 radical (unpaired) electrons. The van der Waals surface area contributed by atoms with E-state index in [1.54, 1.807) is 17.9 Å². The van der Waals surface area contributed by atoms with Crippen molar-refractivity contribution >= 4 is 27.8 Å². The highest BCUT2D eigenvalue weighted by atomic mass is 32.1. The van der Waals surface area contributed by atoms with Crippen molar-refractivity contribution < 1.29 is 5.11 Å². The number of hydrogen-bond donors (Lipinski definition) is 2. The van der Waals surface area contributed by atoms with Crippen LogP contribution >= 0.6 is 22.7 Å². The topological polar surface area (TPSA) is 72.0 Å². The molecule has 0 saturated carbocycles. The van der Waals surface area contributed by atoms with Gasteiger partial charge >= 0.3 is 0 Å². The van der Waals surface area contributed by atoms with Crippen LogP contribution in [0.2, 0.25) is 0 Å². The summed E-state index contributed by atoms with van der Waals surface area (Å²) >= 11 is 2.70. The lowest BCUT2D eigenvalue weighted by atomic mass is 10.3. The molecule has 0 amide bonds. The Morgan fingerprint density at radius 3 is 2.77 bits per heavy atom. The Labute approximate surface area is 82.7 Å². The third-order valence-electron chi connectivity index (χ3n) is 1.53. The Kier molecular flexibility index (Phi) is 2.26. The minimum Gasteiger partial charge on any atom is -0.382 e. The highest BCUT2D eigenvalue weighted by Gasteiger charge is 2.14. The molecule has 1 unspecified atom stereocenters. The van der Waals surface area contributed by atoms with Crippen LogP contribution < -0.4 is 5.73 Å². The number of nitrogens with zero attached hydrogens (tertiary/aromatic N) is 2. The van der Waals surface area contributed by atoms with Gasteiger partial charge in [0.2, 0.25) is 0 Å². The van der Waals surface area contributed by atoms with Gasteiger partial charge < -0.3 is 10.8 Å². The number of thiazole rings is 2. The van der Waals surface area contributed by atoms with Crippen LogP contribution in [0.4, 0.5) is 5.13 Å². The van der Waals surface area contributed by atoms with Crippen LogP contribution in [0.1, 0.15) is 15.9 Å². The maximum Gasteiger partial charge on any atom is 0.180 e. The Morgan fingerprint density at radius 2 is 2.23 bits per heavy atom. The second-order valence-corrected chi connectivity index (χ2v) is 4.42. The third-order valence-corrected chi connectivity index (χ3v) is 3.24. The average Bonchev–Trinajstić information content (AvgIpc) is 2.72. The number of anilines is 1. The van der Waals surface area contributed by atoms with Crippen molar-refractivity contribution in [1.82, 2.24) is 9.97 Å². The molecule has 0 aliphatic rings. The molecule has 0 aromatic carbocycles. The monoisotopic (exact) mass is 213 g/mol. The third kappa shape index (κ3) is 1.69. The van der Waals surface area contributed by atoms with E-state index in [4.69, 9.17) is 5.73 Å². The Morgan fingerprint density at radius 1 is 1.38 bits per heavy atom. The summed E-state index contributed by atoms with van der Waals surface area (Å²) in [5.74, 6) is 0. The van der Waals surface area contributed by atoms with Crippen LogP contribution in [0.15, 0.2) is 17.9 Å². The normalized spacial score (nSPS) is 13.0. The molecule has 2 aromatic rings. The smallest absolute Gasteiger partial charge is 0.180 e. The standard InChI is InChI=1S/C7H7N3OS2/c8-7-10-2-5(13-7)6(11)4-1-9-3-12-4/h1-3,6,11H,(H2,8,10). The van der Waals surface area contributed by atoms with Crippen molar-refractivity contribution in [1.29, 1.82) is 0 Å². The van der Waals surface area contributed by atoms with Gasteiger partial charge in [-0.05, 0) is 0 Å². The fourth-order valence-corrected chi connectivity index (χ4v) is 2.31. The van der Waals surface area contributed by atoms with Gasteiger partial charge in [-0.15, -0.1) is 11.3 Å². The lowest BCUT2D eigenvalue weighted by Crippen LogP contribution is -1.92. The lowest BCUT2D eigenvalue weighted by molar-refractivity contribution is 0.227. The van der Waals surface area contributed by atoms with Crippen LogP contribution in [-0.2, 0) is 0 Å². The SMILES string of the molecule is Nc1ncc(C(O)c2cncs2)s1. The van der Waals surface area contributed by atoms with Gasteiger partial charge in [0.05, 0.1) is 15.3 Å². The number of rotatable bonds is 2. The summed E-state index contributed by atoms with van der Waals surface area (Å²) in [5.41, 5.74) is 7.14. The lowest BCUT2D eigenvalue weighted by Gasteiger charge is -2.02.